The lowest BCUT2D eigenvalue weighted by atomic mass is 10.0. The SMILES string of the molecule is CCOC(=O)C1=C(C)N=c2s/c(=C\c3ccccc3OCc3ccc(C(=O)OCC)cc3)c(=O)n2[C@H]1c1cccs1. The van der Waals surface area contributed by atoms with E-state index in [1.165, 1.54) is 22.7 Å². The molecule has 0 unspecified atom stereocenters. The molecule has 1 atom stereocenters. The molecule has 0 spiro atoms. The first kappa shape index (κ1) is 28.3. The summed E-state index contributed by atoms with van der Waals surface area (Å²) in [5, 5.41) is 1.92. The van der Waals surface area contributed by atoms with Gasteiger partial charge in [0.2, 0.25) is 0 Å². The molecule has 3 heterocycles. The molecular formula is C31H28N2O6S2. The van der Waals surface area contributed by atoms with E-state index >= 15 is 0 Å². The lowest BCUT2D eigenvalue weighted by molar-refractivity contribution is -0.139. The number of carbonyl (C=O) groups excluding carboxylic acids is 2. The average Bonchev–Trinajstić information content (AvgIpc) is 3.61. The Kier molecular flexibility index (Phi) is 8.61. The van der Waals surface area contributed by atoms with Gasteiger partial charge in [0.05, 0.1) is 34.6 Å². The molecule has 0 bridgehead atoms. The summed E-state index contributed by atoms with van der Waals surface area (Å²) in [4.78, 5) is 44.7. The van der Waals surface area contributed by atoms with Crippen LogP contribution in [-0.4, -0.2) is 29.7 Å². The van der Waals surface area contributed by atoms with Crippen LogP contribution >= 0.6 is 22.7 Å². The Morgan fingerprint density at radius 2 is 1.71 bits per heavy atom. The van der Waals surface area contributed by atoms with Gasteiger partial charge in [0.15, 0.2) is 4.80 Å². The van der Waals surface area contributed by atoms with Crippen LogP contribution in [0.25, 0.3) is 6.08 Å². The van der Waals surface area contributed by atoms with Crippen LogP contribution < -0.4 is 19.6 Å². The van der Waals surface area contributed by atoms with Crippen molar-refractivity contribution < 1.29 is 23.8 Å². The van der Waals surface area contributed by atoms with Crippen molar-refractivity contribution in [2.75, 3.05) is 13.2 Å². The third-order valence-electron chi connectivity index (χ3n) is 6.39. The summed E-state index contributed by atoms with van der Waals surface area (Å²) in [6.45, 7) is 6.11. The van der Waals surface area contributed by atoms with Crippen molar-refractivity contribution in [2.24, 2.45) is 4.99 Å². The molecule has 0 aliphatic carbocycles. The van der Waals surface area contributed by atoms with E-state index in [1.54, 1.807) is 43.5 Å². The number of esters is 2. The molecule has 0 radical (unpaired) electrons. The van der Waals surface area contributed by atoms with E-state index in [2.05, 4.69) is 4.99 Å². The molecule has 210 valence electrons. The zero-order chi connectivity index (χ0) is 28.9. The second kappa shape index (κ2) is 12.5. The number of aromatic nitrogens is 1. The van der Waals surface area contributed by atoms with E-state index in [0.29, 0.717) is 38.5 Å². The summed E-state index contributed by atoms with van der Waals surface area (Å²) in [5.41, 5.74) is 2.75. The molecule has 4 aromatic rings. The Hall–Kier alpha value is -4.28. The predicted octanol–water partition coefficient (Wildman–Crippen LogP) is 4.62. The summed E-state index contributed by atoms with van der Waals surface area (Å²) in [6, 6.07) is 17.7. The van der Waals surface area contributed by atoms with Gasteiger partial charge in [-0.25, -0.2) is 14.6 Å². The van der Waals surface area contributed by atoms with E-state index < -0.39 is 12.0 Å². The number of ether oxygens (including phenoxy) is 3. The average molecular weight is 589 g/mol. The summed E-state index contributed by atoms with van der Waals surface area (Å²) >= 11 is 2.74. The van der Waals surface area contributed by atoms with Crippen molar-refractivity contribution in [3.05, 3.63) is 119 Å². The van der Waals surface area contributed by atoms with Gasteiger partial charge in [-0.05, 0) is 62.1 Å². The van der Waals surface area contributed by atoms with Gasteiger partial charge in [-0.1, -0.05) is 47.7 Å². The number of rotatable bonds is 9. The maximum absolute atomic E-state index is 13.8. The highest BCUT2D eigenvalue weighted by molar-refractivity contribution is 7.10. The van der Waals surface area contributed by atoms with Crippen molar-refractivity contribution >= 4 is 40.7 Å². The molecule has 10 heteroatoms. The van der Waals surface area contributed by atoms with Crippen molar-refractivity contribution in [3.63, 3.8) is 0 Å². The fourth-order valence-electron chi connectivity index (χ4n) is 4.49. The standard InChI is InChI=1S/C31H28N2O6S2/c1-4-37-29(35)21-14-12-20(13-15-21)18-39-23-10-7-6-9-22(23)17-25-28(34)33-27(24-11-8-16-40-24)26(30(36)38-5-2)19(3)32-31(33)41-25/h6-17,27H,4-5,18H2,1-3H3/b25-17-/t27-/m0/s1. The maximum Gasteiger partial charge on any atom is 0.338 e. The summed E-state index contributed by atoms with van der Waals surface area (Å²) in [6.07, 6.45) is 1.79. The molecule has 1 aliphatic heterocycles. The first-order valence-corrected chi connectivity index (χ1v) is 14.8. The van der Waals surface area contributed by atoms with Crippen LogP contribution in [0.2, 0.25) is 0 Å². The highest BCUT2D eigenvalue weighted by atomic mass is 32.1. The van der Waals surface area contributed by atoms with Gasteiger partial charge in [0.1, 0.15) is 18.4 Å². The largest absolute Gasteiger partial charge is 0.488 e. The highest BCUT2D eigenvalue weighted by Crippen LogP contribution is 2.33. The molecule has 2 aromatic heterocycles. The highest BCUT2D eigenvalue weighted by Gasteiger charge is 2.33. The van der Waals surface area contributed by atoms with Gasteiger partial charge >= 0.3 is 11.9 Å². The van der Waals surface area contributed by atoms with Gasteiger partial charge in [-0.15, -0.1) is 11.3 Å². The number of thiazole rings is 1. The summed E-state index contributed by atoms with van der Waals surface area (Å²) < 4.78 is 18.5. The van der Waals surface area contributed by atoms with Crippen LogP contribution in [0.3, 0.4) is 0 Å². The normalized spacial score (nSPS) is 14.8. The van der Waals surface area contributed by atoms with Crippen LogP contribution in [0, 0.1) is 0 Å². The van der Waals surface area contributed by atoms with Crippen molar-refractivity contribution in [2.45, 2.75) is 33.4 Å². The molecule has 5 rings (SSSR count). The number of benzene rings is 2. The minimum absolute atomic E-state index is 0.226. The number of fused-ring (bicyclic) bond motifs is 1. The molecule has 0 saturated heterocycles. The number of para-hydroxylation sites is 1. The quantitative estimate of drug-likeness (QED) is 0.265. The van der Waals surface area contributed by atoms with Crippen LogP contribution in [0.1, 0.15) is 53.2 Å². The Bertz CT molecular complexity index is 1780. The number of allylic oxidation sites excluding steroid dienone is 1. The van der Waals surface area contributed by atoms with Crippen molar-refractivity contribution in [1.82, 2.24) is 4.57 Å². The van der Waals surface area contributed by atoms with Gasteiger partial charge < -0.3 is 14.2 Å². The van der Waals surface area contributed by atoms with Crippen molar-refractivity contribution in [1.29, 1.82) is 0 Å². The predicted molar refractivity (Wildman–Crippen MR) is 158 cm³/mol. The molecule has 0 N–H and O–H groups in total. The molecule has 1 aliphatic rings. The smallest absolute Gasteiger partial charge is 0.338 e. The van der Waals surface area contributed by atoms with E-state index in [9.17, 15) is 14.4 Å². The minimum Gasteiger partial charge on any atom is -0.488 e. The number of nitrogens with zero attached hydrogens (tertiary/aromatic N) is 2. The Morgan fingerprint density at radius 3 is 2.41 bits per heavy atom. The number of hydrogen-bond donors (Lipinski definition) is 0. The monoisotopic (exact) mass is 588 g/mol. The summed E-state index contributed by atoms with van der Waals surface area (Å²) in [7, 11) is 0. The third kappa shape index (κ3) is 5.94. The van der Waals surface area contributed by atoms with Crippen LogP contribution in [0.4, 0.5) is 0 Å². The molecule has 0 saturated carbocycles. The first-order chi connectivity index (χ1) is 19.9. The number of carbonyl (C=O) groups is 2. The molecule has 8 nitrogen and oxygen atoms in total. The van der Waals surface area contributed by atoms with Gasteiger partial charge in [0, 0.05) is 10.4 Å². The zero-order valence-electron chi connectivity index (χ0n) is 22.8. The van der Waals surface area contributed by atoms with E-state index in [-0.39, 0.29) is 24.7 Å². The molecule has 0 amide bonds. The van der Waals surface area contributed by atoms with Crippen LogP contribution in [-0.2, 0) is 20.9 Å². The maximum atomic E-state index is 13.8. The first-order valence-electron chi connectivity index (χ1n) is 13.1. The van der Waals surface area contributed by atoms with Gasteiger partial charge in [-0.2, -0.15) is 0 Å². The minimum atomic E-state index is -0.614. The fraction of sp³-hybridized carbons (Fsp3) is 0.226. The lowest BCUT2D eigenvalue weighted by Gasteiger charge is -2.23. The van der Waals surface area contributed by atoms with E-state index in [0.717, 1.165) is 16.0 Å². The molecule has 41 heavy (non-hydrogen) atoms. The van der Waals surface area contributed by atoms with Crippen LogP contribution in [0.5, 0.6) is 5.75 Å². The van der Waals surface area contributed by atoms with Crippen LogP contribution in [0.15, 0.2) is 87.1 Å². The number of thiophene rings is 1. The van der Waals surface area contributed by atoms with Gasteiger partial charge in [-0.3, -0.25) is 9.36 Å². The second-order valence-electron chi connectivity index (χ2n) is 9.06. The number of hydrogen-bond acceptors (Lipinski definition) is 9. The van der Waals surface area contributed by atoms with Gasteiger partial charge in [0.25, 0.3) is 5.56 Å². The zero-order valence-corrected chi connectivity index (χ0v) is 24.4. The lowest BCUT2D eigenvalue weighted by Crippen LogP contribution is -2.39. The molecule has 2 aromatic carbocycles. The Balaban J connectivity index is 1.48. The van der Waals surface area contributed by atoms with E-state index in [1.807, 2.05) is 53.9 Å². The second-order valence-corrected chi connectivity index (χ2v) is 11.0. The Morgan fingerprint density at radius 1 is 0.976 bits per heavy atom. The molecule has 0 fully saturated rings. The molecular weight excluding hydrogens is 560 g/mol. The fourth-order valence-corrected chi connectivity index (χ4v) is 6.35. The summed E-state index contributed by atoms with van der Waals surface area (Å²) in [5.74, 6) is -0.237. The topological polar surface area (TPSA) is 96.2 Å². The Labute approximate surface area is 244 Å². The van der Waals surface area contributed by atoms with Crippen molar-refractivity contribution in [3.8, 4) is 5.75 Å². The van der Waals surface area contributed by atoms with E-state index in [4.69, 9.17) is 14.2 Å². The third-order valence-corrected chi connectivity index (χ3v) is 8.30.